The van der Waals surface area contributed by atoms with Gasteiger partial charge in [-0.05, 0) is 61.1 Å². The van der Waals surface area contributed by atoms with Crippen molar-refractivity contribution < 1.29 is 33.3 Å². The van der Waals surface area contributed by atoms with Crippen molar-refractivity contribution in [3.05, 3.63) is 131 Å². The quantitative estimate of drug-likeness (QED) is 0.138. The molecule has 0 saturated carbocycles. The minimum Gasteiger partial charge on any atom is -0.489 e. The molecule has 0 radical (unpaired) electrons. The summed E-state index contributed by atoms with van der Waals surface area (Å²) in [5.41, 5.74) is 2.26. The Kier molecular flexibility index (Phi) is 12.6. The van der Waals surface area contributed by atoms with Crippen LogP contribution in [0.5, 0.6) is 11.5 Å². The average Bonchev–Trinajstić information content (AvgIpc) is 3.07. The Labute approximate surface area is 282 Å². The summed E-state index contributed by atoms with van der Waals surface area (Å²) in [6, 6.07) is 31.4. The van der Waals surface area contributed by atoms with Gasteiger partial charge in [-0.1, -0.05) is 105 Å². The molecule has 0 aliphatic heterocycles. The molecule has 48 heavy (non-hydrogen) atoms. The predicted molar refractivity (Wildman–Crippen MR) is 183 cm³/mol. The lowest BCUT2D eigenvalue weighted by Crippen LogP contribution is -2.50. The SMILES string of the molecule is CC(C)[C@H](NC(=O)[C@H](NC(=O)OC(C)(C)C)c1cc(OCc2ccccc2)cc(OCc2ccccc2)c1)C(=O)OCc1ccccc1. The summed E-state index contributed by atoms with van der Waals surface area (Å²) < 4.78 is 23.4. The zero-order valence-electron chi connectivity index (χ0n) is 28.1. The second-order valence-corrected chi connectivity index (χ2v) is 12.7. The third-order valence-electron chi connectivity index (χ3n) is 7.10. The topological polar surface area (TPSA) is 112 Å². The molecule has 4 aromatic rings. The number of carbonyl (C=O) groups is 3. The van der Waals surface area contributed by atoms with Crippen molar-refractivity contribution in [1.82, 2.24) is 10.6 Å². The fourth-order valence-corrected chi connectivity index (χ4v) is 4.69. The highest BCUT2D eigenvalue weighted by Gasteiger charge is 2.32. The first-order chi connectivity index (χ1) is 23.0. The summed E-state index contributed by atoms with van der Waals surface area (Å²) in [4.78, 5) is 40.4. The van der Waals surface area contributed by atoms with E-state index in [0.717, 1.165) is 16.7 Å². The van der Waals surface area contributed by atoms with Gasteiger partial charge in [0.15, 0.2) is 0 Å². The third-order valence-corrected chi connectivity index (χ3v) is 7.10. The zero-order chi connectivity index (χ0) is 34.5. The zero-order valence-corrected chi connectivity index (χ0v) is 28.1. The minimum atomic E-state index is -1.28. The van der Waals surface area contributed by atoms with Crippen molar-refractivity contribution in [3.63, 3.8) is 0 Å². The van der Waals surface area contributed by atoms with Crippen LogP contribution in [0.2, 0.25) is 0 Å². The van der Waals surface area contributed by atoms with E-state index >= 15 is 0 Å². The number of amides is 2. The van der Waals surface area contributed by atoms with Crippen LogP contribution >= 0.6 is 0 Å². The van der Waals surface area contributed by atoms with Crippen LogP contribution in [0, 0.1) is 5.92 Å². The van der Waals surface area contributed by atoms with Gasteiger partial charge in [0, 0.05) is 6.07 Å². The number of esters is 1. The summed E-state index contributed by atoms with van der Waals surface area (Å²) >= 11 is 0. The number of rotatable bonds is 14. The van der Waals surface area contributed by atoms with E-state index in [-0.39, 0.29) is 25.7 Å². The fourth-order valence-electron chi connectivity index (χ4n) is 4.69. The van der Waals surface area contributed by atoms with Crippen LogP contribution in [-0.4, -0.2) is 29.6 Å². The molecule has 0 saturated heterocycles. The number of nitrogens with one attached hydrogen (secondary N) is 2. The highest BCUT2D eigenvalue weighted by atomic mass is 16.6. The molecular weight excluding hydrogens is 608 g/mol. The van der Waals surface area contributed by atoms with Crippen LogP contribution in [0.25, 0.3) is 0 Å². The Morgan fingerprint density at radius 3 is 1.54 bits per heavy atom. The molecule has 4 aromatic carbocycles. The van der Waals surface area contributed by atoms with Crippen LogP contribution < -0.4 is 20.1 Å². The molecule has 0 fully saturated rings. The smallest absolute Gasteiger partial charge is 0.408 e. The molecule has 0 unspecified atom stereocenters. The summed E-state index contributed by atoms with van der Waals surface area (Å²) in [5, 5.41) is 5.50. The number of hydrogen-bond acceptors (Lipinski definition) is 7. The number of alkyl carbamates (subject to hydrolysis) is 1. The lowest BCUT2D eigenvalue weighted by molar-refractivity contribution is -0.150. The first kappa shape index (κ1) is 35.5. The van der Waals surface area contributed by atoms with Gasteiger partial charge in [-0.3, -0.25) is 4.79 Å². The molecule has 2 amide bonds. The lowest BCUT2D eigenvalue weighted by Gasteiger charge is -2.27. The van der Waals surface area contributed by atoms with Crippen LogP contribution in [0.4, 0.5) is 4.79 Å². The third kappa shape index (κ3) is 11.5. The van der Waals surface area contributed by atoms with E-state index in [2.05, 4.69) is 10.6 Å². The molecule has 0 spiro atoms. The molecule has 0 heterocycles. The number of benzene rings is 4. The average molecular weight is 653 g/mol. The fraction of sp³-hybridized carbons (Fsp3) is 0.308. The molecule has 252 valence electrons. The normalized spacial score (nSPS) is 12.4. The maximum absolute atomic E-state index is 14.0. The van der Waals surface area contributed by atoms with Crippen molar-refractivity contribution in [3.8, 4) is 11.5 Å². The van der Waals surface area contributed by atoms with Gasteiger partial charge in [0.2, 0.25) is 5.91 Å². The molecule has 0 aliphatic carbocycles. The number of hydrogen-bond donors (Lipinski definition) is 2. The Morgan fingerprint density at radius 1 is 0.646 bits per heavy atom. The van der Waals surface area contributed by atoms with E-state index in [4.69, 9.17) is 18.9 Å². The van der Waals surface area contributed by atoms with Gasteiger partial charge < -0.3 is 29.6 Å². The molecule has 2 N–H and O–H groups in total. The Bertz CT molecular complexity index is 1560. The van der Waals surface area contributed by atoms with Crippen LogP contribution in [0.15, 0.2) is 109 Å². The second kappa shape index (κ2) is 17.0. The maximum Gasteiger partial charge on any atom is 0.408 e. The summed E-state index contributed by atoms with van der Waals surface area (Å²) in [7, 11) is 0. The minimum absolute atomic E-state index is 0.0568. The van der Waals surface area contributed by atoms with Gasteiger partial charge in [0.25, 0.3) is 0 Å². The Balaban J connectivity index is 1.63. The van der Waals surface area contributed by atoms with Gasteiger partial charge in [-0.25, -0.2) is 9.59 Å². The molecule has 2 atom stereocenters. The highest BCUT2D eigenvalue weighted by Crippen LogP contribution is 2.29. The maximum atomic E-state index is 14.0. The van der Waals surface area contributed by atoms with Gasteiger partial charge in [0.05, 0.1) is 0 Å². The number of ether oxygens (including phenoxy) is 4. The molecule has 4 rings (SSSR count). The second-order valence-electron chi connectivity index (χ2n) is 12.7. The molecule has 0 bridgehead atoms. The van der Waals surface area contributed by atoms with E-state index in [0.29, 0.717) is 17.1 Å². The van der Waals surface area contributed by atoms with E-state index < -0.39 is 35.7 Å². The summed E-state index contributed by atoms with van der Waals surface area (Å²) in [6.45, 7) is 9.38. The van der Waals surface area contributed by atoms with Crippen LogP contribution in [0.3, 0.4) is 0 Å². The van der Waals surface area contributed by atoms with Gasteiger partial charge >= 0.3 is 12.1 Å². The van der Waals surface area contributed by atoms with Crippen molar-refractivity contribution in [2.45, 2.75) is 72.1 Å². The highest BCUT2D eigenvalue weighted by molar-refractivity contribution is 5.91. The number of carbonyl (C=O) groups excluding carboxylic acids is 3. The van der Waals surface area contributed by atoms with E-state index in [1.54, 1.807) is 52.8 Å². The predicted octanol–water partition coefficient (Wildman–Crippen LogP) is 7.29. The molecular formula is C39H44N2O7. The van der Waals surface area contributed by atoms with Gasteiger partial charge in [-0.15, -0.1) is 0 Å². The largest absolute Gasteiger partial charge is 0.489 e. The molecule has 9 heteroatoms. The van der Waals surface area contributed by atoms with Crippen LogP contribution in [-0.2, 0) is 38.9 Å². The monoisotopic (exact) mass is 652 g/mol. The van der Waals surface area contributed by atoms with E-state index in [9.17, 15) is 14.4 Å². The molecule has 9 nitrogen and oxygen atoms in total. The van der Waals surface area contributed by atoms with Crippen molar-refractivity contribution in [2.75, 3.05) is 0 Å². The first-order valence-electron chi connectivity index (χ1n) is 16.0. The van der Waals surface area contributed by atoms with Crippen molar-refractivity contribution >= 4 is 18.0 Å². The Morgan fingerprint density at radius 2 is 1.10 bits per heavy atom. The Hall–Kier alpha value is -5.31. The van der Waals surface area contributed by atoms with E-state index in [1.165, 1.54) is 0 Å². The lowest BCUT2D eigenvalue weighted by atomic mass is 10.0. The molecule has 0 aromatic heterocycles. The summed E-state index contributed by atoms with van der Waals surface area (Å²) in [6.07, 6.45) is -0.808. The van der Waals surface area contributed by atoms with Crippen molar-refractivity contribution in [1.29, 1.82) is 0 Å². The van der Waals surface area contributed by atoms with E-state index in [1.807, 2.05) is 91.0 Å². The van der Waals surface area contributed by atoms with Gasteiger partial charge in [0.1, 0.15) is 49.0 Å². The van der Waals surface area contributed by atoms with Gasteiger partial charge in [-0.2, -0.15) is 0 Å². The van der Waals surface area contributed by atoms with Crippen LogP contribution in [0.1, 0.15) is 62.9 Å². The summed E-state index contributed by atoms with van der Waals surface area (Å²) in [5.74, 6) is -0.697. The van der Waals surface area contributed by atoms with Crippen molar-refractivity contribution in [2.24, 2.45) is 5.92 Å². The standard InChI is InChI=1S/C39H44N2O7/c1-27(2)34(37(43)47-26-30-19-13-8-14-20-30)40-36(42)35(41-38(44)48-39(3,4)5)31-21-32(45-24-28-15-9-6-10-16-28)23-33(22-31)46-25-29-17-11-7-12-18-29/h6-23,27,34-35H,24-26H2,1-5H3,(H,40,42)(H,41,44)/t34-,35+/m0/s1. The first-order valence-corrected chi connectivity index (χ1v) is 16.0. The molecule has 0 aliphatic rings.